The van der Waals surface area contributed by atoms with Crippen molar-refractivity contribution in [1.82, 2.24) is 4.98 Å². The number of rotatable bonds is 4. The standard InChI is InChI=1S/C13H12N2O3/c1-18-12-5-3-2-4-11(12)15-10-6-7-14-8-9(10)13(16)17/h2-8H,1H3,(H,14,15)(H,16,17). The number of hydrogen-bond acceptors (Lipinski definition) is 4. The van der Waals surface area contributed by atoms with Gasteiger partial charge in [0.1, 0.15) is 11.3 Å². The van der Waals surface area contributed by atoms with Crippen LogP contribution in [0, 0.1) is 0 Å². The molecular weight excluding hydrogens is 232 g/mol. The molecule has 1 heterocycles. The molecule has 1 aromatic carbocycles. The van der Waals surface area contributed by atoms with Crippen LogP contribution in [0.25, 0.3) is 0 Å². The Labute approximate surface area is 104 Å². The fourth-order valence-corrected chi connectivity index (χ4v) is 1.57. The van der Waals surface area contributed by atoms with Crippen LogP contribution in [0.2, 0.25) is 0 Å². The summed E-state index contributed by atoms with van der Waals surface area (Å²) >= 11 is 0. The average Bonchev–Trinajstić information content (AvgIpc) is 2.40. The maximum Gasteiger partial charge on any atom is 0.339 e. The van der Waals surface area contributed by atoms with E-state index < -0.39 is 5.97 Å². The predicted octanol–water partition coefficient (Wildman–Crippen LogP) is 2.53. The van der Waals surface area contributed by atoms with Crippen molar-refractivity contribution in [3.05, 3.63) is 48.3 Å². The highest BCUT2D eigenvalue weighted by atomic mass is 16.5. The molecule has 0 saturated heterocycles. The molecule has 5 heteroatoms. The molecule has 1 aromatic heterocycles. The van der Waals surface area contributed by atoms with E-state index in [4.69, 9.17) is 9.84 Å². The van der Waals surface area contributed by atoms with Gasteiger partial charge in [0.05, 0.1) is 18.5 Å². The highest BCUT2D eigenvalue weighted by Gasteiger charge is 2.11. The van der Waals surface area contributed by atoms with Crippen molar-refractivity contribution in [3.63, 3.8) is 0 Å². The van der Waals surface area contributed by atoms with Crippen LogP contribution in [0.1, 0.15) is 10.4 Å². The van der Waals surface area contributed by atoms with E-state index in [1.807, 2.05) is 18.2 Å². The molecule has 92 valence electrons. The van der Waals surface area contributed by atoms with Crippen molar-refractivity contribution in [3.8, 4) is 5.75 Å². The van der Waals surface area contributed by atoms with Crippen LogP contribution in [-0.2, 0) is 0 Å². The number of benzene rings is 1. The highest BCUT2D eigenvalue weighted by Crippen LogP contribution is 2.28. The van der Waals surface area contributed by atoms with Crippen LogP contribution in [0.3, 0.4) is 0 Å². The summed E-state index contributed by atoms with van der Waals surface area (Å²) in [6, 6.07) is 8.89. The van der Waals surface area contributed by atoms with Crippen LogP contribution in [0.4, 0.5) is 11.4 Å². The zero-order valence-electron chi connectivity index (χ0n) is 9.75. The van der Waals surface area contributed by atoms with Gasteiger partial charge in [0.2, 0.25) is 0 Å². The molecule has 0 radical (unpaired) electrons. The number of nitrogens with one attached hydrogen (secondary N) is 1. The first-order valence-corrected chi connectivity index (χ1v) is 5.29. The largest absolute Gasteiger partial charge is 0.495 e. The van der Waals surface area contributed by atoms with Crippen LogP contribution >= 0.6 is 0 Å². The normalized spacial score (nSPS) is 9.83. The molecule has 0 spiro atoms. The quantitative estimate of drug-likeness (QED) is 0.864. The van der Waals surface area contributed by atoms with Crippen molar-refractivity contribution >= 4 is 17.3 Å². The molecule has 0 saturated carbocycles. The van der Waals surface area contributed by atoms with Gasteiger partial charge in [-0.3, -0.25) is 4.98 Å². The maximum absolute atomic E-state index is 11.1. The summed E-state index contributed by atoms with van der Waals surface area (Å²) in [5, 5.41) is 12.1. The van der Waals surface area contributed by atoms with E-state index >= 15 is 0 Å². The predicted molar refractivity (Wildman–Crippen MR) is 67.5 cm³/mol. The van der Waals surface area contributed by atoms with Gasteiger partial charge in [-0.2, -0.15) is 0 Å². The number of anilines is 2. The summed E-state index contributed by atoms with van der Waals surface area (Å²) in [5.41, 5.74) is 1.29. The van der Waals surface area contributed by atoms with Gasteiger partial charge in [0, 0.05) is 12.4 Å². The van der Waals surface area contributed by atoms with Gasteiger partial charge in [0.15, 0.2) is 0 Å². The summed E-state index contributed by atoms with van der Waals surface area (Å²) in [7, 11) is 1.56. The van der Waals surface area contributed by atoms with Gasteiger partial charge in [-0.25, -0.2) is 4.79 Å². The number of pyridine rings is 1. The zero-order valence-corrected chi connectivity index (χ0v) is 9.75. The van der Waals surface area contributed by atoms with Crippen LogP contribution in [0.15, 0.2) is 42.7 Å². The fourth-order valence-electron chi connectivity index (χ4n) is 1.57. The first-order valence-electron chi connectivity index (χ1n) is 5.29. The number of ether oxygens (including phenoxy) is 1. The molecule has 0 atom stereocenters. The van der Waals surface area contributed by atoms with Gasteiger partial charge in [-0.15, -0.1) is 0 Å². The Kier molecular flexibility index (Phi) is 3.43. The van der Waals surface area contributed by atoms with Crippen molar-refractivity contribution in [2.24, 2.45) is 0 Å². The lowest BCUT2D eigenvalue weighted by Gasteiger charge is -2.12. The minimum absolute atomic E-state index is 0.114. The maximum atomic E-state index is 11.1. The molecular formula is C13H12N2O3. The molecule has 0 amide bonds. The third kappa shape index (κ3) is 2.40. The first-order chi connectivity index (χ1) is 8.72. The van der Waals surface area contributed by atoms with Crippen LogP contribution < -0.4 is 10.1 Å². The molecule has 0 unspecified atom stereocenters. The van der Waals surface area contributed by atoms with Crippen molar-refractivity contribution in [2.75, 3.05) is 12.4 Å². The Balaban J connectivity index is 2.37. The third-order valence-electron chi connectivity index (χ3n) is 2.43. The van der Waals surface area contributed by atoms with Crippen molar-refractivity contribution in [2.45, 2.75) is 0 Å². The molecule has 0 aliphatic rings. The molecule has 0 fully saturated rings. The van der Waals surface area contributed by atoms with E-state index in [-0.39, 0.29) is 5.56 Å². The SMILES string of the molecule is COc1ccccc1Nc1ccncc1C(=O)O. The first kappa shape index (κ1) is 11.9. The minimum atomic E-state index is -1.03. The summed E-state index contributed by atoms with van der Waals surface area (Å²) < 4.78 is 5.19. The summed E-state index contributed by atoms with van der Waals surface area (Å²) in [6.45, 7) is 0. The Morgan fingerprint density at radius 2 is 2.06 bits per heavy atom. The second kappa shape index (κ2) is 5.18. The zero-order chi connectivity index (χ0) is 13.0. The number of carboxylic acid groups (broad SMARTS) is 1. The third-order valence-corrected chi connectivity index (χ3v) is 2.43. The molecule has 2 rings (SSSR count). The van der Waals surface area contributed by atoms with E-state index in [0.29, 0.717) is 17.1 Å². The average molecular weight is 244 g/mol. The van der Waals surface area contributed by atoms with E-state index in [1.54, 1.807) is 19.2 Å². The lowest BCUT2D eigenvalue weighted by Crippen LogP contribution is -2.03. The molecule has 5 nitrogen and oxygen atoms in total. The topological polar surface area (TPSA) is 71.5 Å². The minimum Gasteiger partial charge on any atom is -0.495 e. The second-order valence-electron chi connectivity index (χ2n) is 3.55. The lowest BCUT2D eigenvalue weighted by molar-refractivity contribution is 0.0697. The molecule has 2 aromatic rings. The Hall–Kier alpha value is -2.56. The highest BCUT2D eigenvalue weighted by molar-refractivity contribution is 5.94. The Bertz CT molecular complexity index is 570. The van der Waals surface area contributed by atoms with Crippen LogP contribution in [-0.4, -0.2) is 23.2 Å². The number of aromatic carboxylic acids is 1. The molecule has 0 bridgehead atoms. The van der Waals surface area contributed by atoms with Crippen LogP contribution in [0.5, 0.6) is 5.75 Å². The monoisotopic (exact) mass is 244 g/mol. The van der Waals surface area contributed by atoms with E-state index in [2.05, 4.69) is 10.3 Å². The van der Waals surface area contributed by atoms with Gasteiger partial charge in [-0.05, 0) is 18.2 Å². The molecule has 0 aliphatic carbocycles. The van der Waals surface area contributed by atoms with Gasteiger partial charge < -0.3 is 15.2 Å². The summed E-state index contributed by atoms with van der Waals surface area (Å²) in [4.78, 5) is 14.9. The number of methoxy groups -OCH3 is 1. The lowest BCUT2D eigenvalue weighted by atomic mass is 10.2. The number of nitrogens with zero attached hydrogens (tertiary/aromatic N) is 1. The van der Waals surface area contributed by atoms with E-state index in [0.717, 1.165) is 0 Å². The molecule has 0 aliphatic heterocycles. The summed E-state index contributed by atoms with van der Waals surface area (Å²) in [5.74, 6) is -0.383. The number of para-hydroxylation sites is 2. The van der Waals surface area contributed by atoms with Gasteiger partial charge in [0.25, 0.3) is 0 Å². The molecule has 18 heavy (non-hydrogen) atoms. The van der Waals surface area contributed by atoms with Gasteiger partial charge in [-0.1, -0.05) is 12.1 Å². The number of aromatic nitrogens is 1. The molecule has 2 N–H and O–H groups in total. The Morgan fingerprint density at radius 1 is 1.28 bits per heavy atom. The summed E-state index contributed by atoms with van der Waals surface area (Å²) in [6.07, 6.45) is 2.84. The number of carboxylic acids is 1. The fraction of sp³-hybridized carbons (Fsp3) is 0.0769. The second-order valence-corrected chi connectivity index (χ2v) is 3.55. The van der Waals surface area contributed by atoms with E-state index in [9.17, 15) is 4.79 Å². The number of carbonyl (C=O) groups is 1. The Morgan fingerprint density at radius 3 is 2.78 bits per heavy atom. The number of hydrogen-bond donors (Lipinski definition) is 2. The van der Waals surface area contributed by atoms with Gasteiger partial charge >= 0.3 is 5.97 Å². The van der Waals surface area contributed by atoms with Crippen molar-refractivity contribution in [1.29, 1.82) is 0 Å². The van der Waals surface area contributed by atoms with Crippen molar-refractivity contribution < 1.29 is 14.6 Å². The smallest absolute Gasteiger partial charge is 0.339 e. The van der Waals surface area contributed by atoms with E-state index in [1.165, 1.54) is 12.4 Å².